The molecule has 1 atom stereocenters. The molecule has 0 unspecified atom stereocenters. The molecular formula is C27H36N2O6. The van der Waals surface area contributed by atoms with Crippen LogP contribution in [0.5, 0.6) is 23.0 Å². The molecule has 2 amide bonds. The zero-order valence-electron chi connectivity index (χ0n) is 21.0. The van der Waals surface area contributed by atoms with E-state index >= 15 is 0 Å². The molecule has 1 aliphatic carbocycles. The number of methoxy groups -OCH3 is 3. The summed E-state index contributed by atoms with van der Waals surface area (Å²) in [4.78, 5) is 28.2. The molecule has 2 aromatic rings. The Hall–Kier alpha value is -3.42. The van der Waals surface area contributed by atoms with Gasteiger partial charge in [-0.2, -0.15) is 0 Å². The van der Waals surface area contributed by atoms with Crippen LogP contribution in [0.15, 0.2) is 42.5 Å². The van der Waals surface area contributed by atoms with Crippen LogP contribution in [-0.4, -0.2) is 56.7 Å². The Morgan fingerprint density at radius 2 is 1.49 bits per heavy atom. The molecule has 3 rings (SSSR count). The molecule has 35 heavy (non-hydrogen) atoms. The Morgan fingerprint density at radius 3 is 2.03 bits per heavy atom. The number of ether oxygens (including phenoxy) is 4. The van der Waals surface area contributed by atoms with Gasteiger partial charge in [-0.05, 0) is 37.0 Å². The number of nitrogens with zero attached hydrogens (tertiary/aromatic N) is 1. The van der Waals surface area contributed by atoms with Gasteiger partial charge in [0.25, 0.3) is 5.91 Å². The van der Waals surface area contributed by atoms with E-state index in [1.165, 1.54) is 0 Å². The highest BCUT2D eigenvalue weighted by atomic mass is 16.5. The molecule has 0 saturated heterocycles. The van der Waals surface area contributed by atoms with E-state index in [9.17, 15) is 9.59 Å². The van der Waals surface area contributed by atoms with Crippen LogP contribution in [0, 0.1) is 0 Å². The number of rotatable bonds is 12. The summed E-state index contributed by atoms with van der Waals surface area (Å²) in [7, 11) is 4.71. The molecule has 8 heteroatoms. The number of benzene rings is 2. The Balaban J connectivity index is 1.78. The average molecular weight is 485 g/mol. The SMILES string of the molecule is CC[C@@H](C(=O)NC1CCCC1)N(Cc1ccc(OC)cc1)C(=O)COc1cc(OC)cc(OC)c1. The van der Waals surface area contributed by atoms with Crippen molar-refractivity contribution in [3.8, 4) is 23.0 Å². The van der Waals surface area contributed by atoms with E-state index in [-0.39, 0.29) is 31.0 Å². The number of hydrogen-bond acceptors (Lipinski definition) is 6. The minimum Gasteiger partial charge on any atom is -0.497 e. The van der Waals surface area contributed by atoms with Crippen LogP contribution in [0.2, 0.25) is 0 Å². The first-order valence-corrected chi connectivity index (χ1v) is 12.1. The molecule has 0 aliphatic heterocycles. The fraction of sp³-hybridized carbons (Fsp3) is 0.481. The summed E-state index contributed by atoms with van der Waals surface area (Å²) in [5.41, 5.74) is 0.898. The normalized spacial score (nSPS) is 14.2. The summed E-state index contributed by atoms with van der Waals surface area (Å²) in [5, 5.41) is 3.15. The summed E-state index contributed by atoms with van der Waals surface area (Å²) in [6, 6.07) is 12.2. The van der Waals surface area contributed by atoms with Crippen LogP contribution in [0.3, 0.4) is 0 Å². The number of carbonyl (C=O) groups is 2. The zero-order valence-corrected chi connectivity index (χ0v) is 21.0. The number of amides is 2. The lowest BCUT2D eigenvalue weighted by atomic mass is 10.1. The second-order valence-corrected chi connectivity index (χ2v) is 8.62. The highest BCUT2D eigenvalue weighted by molar-refractivity contribution is 5.88. The average Bonchev–Trinajstić information content (AvgIpc) is 3.40. The van der Waals surface area contributed by atoms with Crippen LogP contribution >= 0.6 is 0 Å². The van der Waals surface area contributed by atoms with Crippen molar-refractivity contribution in [3.05, 3.63) is 48.0 Å². The van der Waals surface area contributed by atoms with Crippen LogP contribution in [0.4, 0.5) is 0 Å². The summed E-state index contributed by atoms with van der Waals surface area (Å²) < 4.78 is 21.6. The Morgan fingerprint density at radius 1 is 0.914 bits per heavy atom. The monoisotopic (exact) mass is 484 g/mol. The predicted molar refractivity (Wildman–Crippen MR) is 133 cm³/mol. The van der Waals surface area contributed by atoms with Gasteiger partial charge in [0.2, 0.25) is 5.91 Å². The molecule has 0 heterocycles. The summed E-state index contributed by atoms with van der Waals surface area (Å²) in [6.07, 6.45) is 4.69. The maximum Gasteiger partial charge on any atom is 0.261 e. The molecule has 2 aromatic carbocycles. The lowest BCUT2D eigenvalue weighted by Crippen LogP contribution is -2.52. The van der Waals surface area contributed by atoms with Crippen molar-refractivity contribution in [1.82, 2.24) is 10.2 Å². The van der Waals surface area contributed by atoms with E-state index in [0.717, 1.165) is 37.0 Å². The smallest absolute Gasteiger partial charge is 0.261 e. The van der Waals surface area contributed by atoms with Crippen LogP contribution in [0.1, 0.15) is 44.6 Å². The van der Waals surface area contributed by atoms with Gasteiger partial charge in [0, 0.05) is 30.8 Å². The maximum atomic E-state index is 13.4. The molecule has 1 fully saturated rings. The molecule has 1 N–H and O–H groups in total. The minimum atomic E-state index is -0.603. The van der Waals surface area contributed by atoms with Crippen molar-refractivity contribution >= 4 is 11.8 Å². The first kappa shape index (κ1) is 26.2. The molecule has 0 spiro atoms. The van der Waals surface area contributed by atoms with E-state index in [2.05, 4.69) is 5.32 Å². The fourth-order valence-electron chi connectivity index (χ4n) is 4.31. The Kier molecular flexibility index (Phi) is 9.64. The first-order valence-electron chi connectivity index (χ1n) is 12.1. The maximum absolute atomic E-state index is 13.4. The molecule has 190 valence electrons. The third kappa shape index (κ3) is 7.28. The molecular weight excluding hydrogens is 448 g/mol. The first-order chi connectivity index (χ1) is 17.0. The van der Waals surface area contributed by atoms with Crippen molar-refractivity contribution in [2.75, 3.05) is 27.9 Å². The van der Waals surface area contributed by atoms with Crippen molar-refractivity contribution in [2.45, 2.75) is 57.7 Å². The second-order valence-electron chi connectivity index (χ2n) is 8.62. The van der Waals surface area contributed by atoms with Gasteiger partial charge in [0.1, 0.15) is 29.0 Å². The van der Waals surface area contributed by atoms with Gasteiger partial charge in [0.15, 0.2) is 6.61 Å². The standard InChI is InChI=1S/C27H36N2O6/c1-5-25(27(31)28-20-8-6-7-9-20)29(17-19-10-12-21(32-2)13-11-19)26(30)18-35-24-15-22(33-3)14-23(16-24)34-4/h10-16,20,25H,5-9,17-18H2,1-4H3,(H,28,31)/t25-/m0/s1. The van der Waals surface area contributed by atoms with Crippen molar-refractivity contribution in [2.24, 2.45) is 0 Å². The van der Waals surface area contributed by atoms with E-state index in [1.54, 1.807) is 44.4 Å². The topological polar surface area (TPSA) is 86.3 Å². The van der Waals surface area contributed by atoms with Crippen LogP contribution in [-0.2, 0) is 16.1 Å². The lowest BCUT2D eigenvalue weighted by molar-refractivity contribution is -0.143. The molecule has 0 radical (unpaired) electrons. The molecule has 0 bridgehead atoms. The summed E-state index contributed by atoms with van der Waals surface area (Å²) in [6.45, 7) is 1.98. The minimum absolute atomic E-state index is 0.121. The van der Waals surface area contributed by atoms with E-state index < -0.39 is 6.04 Å². The van der Waals surface area contributed by atoms with Gasteiger partial charge in [-0.15, -0.1) is 0 Å². The van der Waals surface area contributed by atoms with Gasteiger partial charge in [0.05, 0.1) is 21.3 Å². The largest absolute Gasteiger partial charge is 0.497 e. The fourth-order valence-corrected chi connectivity index (χ4v) is 4.31. The third-order valence-electron chi connectivity index (χ3n) is 6.29. The van der Waals surface area contributed by atoms with Gasteiger partial charge in [-0.3, -0.25) is 9.59 Å². The van der Waals surface area contributed by atoms with E-state index in [4.69, 9.17) is 18.9 Å². The summed E-state index contributed by atoms with van der Waals surface area (Å²) in [5.74, 6) is 1.89. The quantitative estimate of drug-likeness (QED) is 0.491. The highest BCUT2D eigenvalue weighted by Crippen LogP contribution is 2.27. The predicted octanol–water partition coefficient (Wildman–Crippen LogP) is 3.96. The van der Waals surface area contributed by atoms with Gasteiger partial charge < -0.3 is 29.2 Å². The van der Waals surface area contributed by atoms with Crippen LogP contribution < -0.4 is 24.3 Å². The summed E-state index contributed by atoms with van der Waals surface area (Å²) >= 11 is 0. The van der Waals surface area contributed by atoms with Gasteiger partial charge in [-0.25, -0.2) is 0 Å². The second kappa shape index (κ2) is 12.9. The third-order valence-corrected chi connectivity index (χ3v) is 6.29. The van der Waals surface area contributed by atoms with Crippen LogP contribution in [0.25, 0.3) is 0 Å². The number of hydrogen-bond donors (Lipinski definition) is 1. The molecule has 1 saturated carbocycles. The van der Waals surface area contributed by atoms with E-state index in [1.807, 2.05) is 31.2 Å². The molecule has 8 nitrogen and oxygen atoms in total. The van der Waals surface area contributed by atoms with Crippen molar-refractivity contribution in [3.63, 3.8) is 0 Å². The molecule has 0 aromatic heterocycles. The molecule has 1 aliphatic rings. The highest BCUT2D eigenvalue weighted by Gasteiger charge is 2.31. The van der Waals surface area contributed by atoms with Gasteiger partial charge >= 0.3 is 0 Å². The van der Waals surface area contributed by atoms with Crippen molar-refractivity contribution in [1.29, 1.82) is 0 Å². The van der Waals surface area contributed by atoms with Crippen molar-refractivity contribution < 1.29 is 28.5 Å². The number of carbonyl (C=O) groups excluding carboxylic acids is 2. The zero-order chi connectivity index (χ0) is 25.2. The Labute approximate surface area is 207 Å². The number of nitrogens with one attached hydrogen (secondary N) is 1. The Bertz CT molecular complexity index is 950. The lowest BCUT2D eigenvalue weighted by Gasteiger charge is -2.31. The van der Waals surface area contributed by atoms with Gasteiger partial charge in [-0.1, -0.05) is 31.9 Å². The van der Waals surface area contributed by atoms with E-state index in [0.29, 0.717) is 23.7 Å².